The molecule has 0 bridgehead atoms. The highest BCUT2D eigenvalue weighted by Gasteiger charge is 2.26. The Labute approximate surface area is 105 Å². The van der Waals surface area contributed by atoms with E-state index in [4.69, 9.17) is 5.11 Å². The van der Waals surface area contributed by atoms with Crippen LogP contribution < -0.4 is 10.6 Å². The van der Waals surface area contributed by atoms with Crippen LogP contribution in [0.1, 0.15) is 24.2 Å². The number of amides is 1. The first-order valence-electron chi connectivity index (χ1n) is 5.52. The van der Waals surface area contributed by atoms with Crippen LogP contribution in [0, 0.1) is 5.41 Å². The molecule has 1 aromatic heterocycles. The summed E-state index contributed by atoms with van der Waals surface area (Å²) in [5.41, 5.74) is -0.444. The lowest BCUT2D eigenvalue weighted by atomic mass is 9.92. The zero-order chi connectivity index (χ0) is 13.8. The SMILES string of the molecule is CNC(=O)C(C)(C)CNc1cc(C(=O)O)ccn1. The van der Waals surface area contributed by atoms with Crippen molar-refractivity contribution in [3.05, 3.63) is 23.9 Å². The number of carboxylic acids is 1. The second-order valence-electron chi connectivity index (χ2n) is 4.55. The second-order valence-corrected chi connectivity index (χ2v) is 4.55. The molecule has 6 heteroatoms. The van der Waals surface area contributed by atoms with Gasteiger partial charge in [0.1, 0.15) is 5.82 Å². The van der Waals surface area contributed by atoms with Gasteiger partial charge in [0.2, 0.25) is 5.91 Å². The van der Waals surface area contributed by atoms with Crippen LogP contribution in [-0.2, 0) is 4.79 Å². The molecule has 6 nitrogen and oxygen atoms in total. The molecular formula is C12H17N3O3. The highest BCUT2D eigenvalue weighted by molar-refractivity contribution is 5.88. The lowest BCUT2D eigenvalue weighted by Gasteiger charge is -2.23. The van der Waals surface area contributed by atoms with Crippen molar-refractivity contribution in [3.63, 3.8) is 0 Å². The summed E-state index contributed by atoms with van der Waals surface area (Å²) in [7, 11) is 1.58. The maximum atomic E-state index is 11.6. The van der Waals surface area contributed by atoms with Crippen LogP contribution in [0.5, 0.6) is 0 Å². The number of pyridine rings is 1. The molecule has 0 saturated heterocycles. The third kappa shape index (κ3) is 3.44. The second kappa shape index (κ2) is 5.48. The van der Waals surface area contributed by atoms with E-state index in [1.165, 1.54) is 18.3 Å². The molecule has 0 unspecified atom stereocenters. The number of hydrogen-bond acceptors (Lipinski definition) is 4. The lowest BCUT2D eigenvalue weighted by molar-refractivity contribution is -0.128. The maximum Gasteiger partial charge on any atom is 0.335 e. The number of nitrogens with zero attached hydrogens (tertiary/aromatic N) is 1. The standard InChI is InChI=1S/C12H17N3O3/c1-12(2,11(18)13-3)7-15-9-6-8(10(16)17)4-5-14-9/h4-6H,7H2,1-3H3,(H,13,18)(H,14,15)(H,16,17). The fraction of sp³-hybridized carbons (Fsp3) is 0.417. The van der Waals surface area contributed by atoms with E-state index in [2.05, 4.69) is 15.6 Å². The zero-order valence-corrected chi connectivity index (χ0v) is 10.7. The summed E-state index contributed by atoms with van der Waals surface area (Å²) in [6, 6.07) is 2.85. The van der Waals surface area contributed by atoms with E-state index in [9.17, 15) is 9.59 Å². The van der Waals surface area contributed by atoms with Gasteiger partial charge in [0, 0.05) is 19.8 Å². The first kappa shape index (κ1) is 14.0. The molecule has 3 N–H and O–H groups in total. The summed E-state index contributed by atoms with van der Waals surface area (Å²) in [6.07, 6.45) is 1.42. The number of carbonyl (C=O) groups excluding carboxylic acids is 1. The van der Waals surface area contributed by atoms with Crippen LogP contribution in [0.15, 0.2) is 18.3 Å². The summed E-state index contributed by atoms with van der Waals surface area (Å²) in [5.74, 6) is -0.665. The first-order valence-corrected chi connectivity index (χ1v) is 5.52. The van der Waals surface area contributed by atoms with Crippen molar-refractivity contribution in [2.45, 2.75) is 13.8 Å². The summed E-state index contributed by atoms with van der Waals surface area (Å²) in [4.78, 5) is 26.4. The number of rotatable bonds is 5. The molecule has 0 aliphatic heterocycles. The lowest BCUT2D eigenvalue weighted by Crippen LogP contribution is -2.39. The molecule has 18 heavy (non-hydrogen) atoms. The van der Waals surface area contributed by atoms with Gasteiger partial charge >= 0.3 is 5.97 Å². The average Bonchev–Trinajstić information content (AvgIpc) is 2.35. The van der Waals surface area contributed by atoms with Gasteiger partial charge in [-0.25, -0.2) is 9.78 Å². The van der Waals surface area contributed by atoms with Gasteiger partial charge in [-0.1, -0.05) is 0 Å². The molecule has 98 valence electrons. The molecular weight excluding hydrogens is 234 g/mol. The van der Waals surface area contributed by atoms with E-state index in [0.29, 0.717) is 12.4 Å². The Morgan fingerprint density at radius 1 is 1.44 bits per heavy atom. The summed E-state index contributed by atoms with van der Waals surface area (Å²) >= 11 is 0. The summed E-state index contributed by atoms with van der Waals surface area (Å²) < 4.78 is 0. The molecule has 0 aliphatic carbocycles. The Balaban J connectivity index is 2.72. The normalized spacial score (nSPS) is 10.8. The molecule has 1 aromatic rings. The van der Waals surface area contributed by atoms with E-state index >= 15 is 0 Å². The molecule has 0 radical (unpaired) electrons. The van der Waals surface area contributed by atoms with Gasteiger partial charge < -0.3 is 15.7 Å². The molecule has 1 amide bonds. The Morgan fingerprint density at radius 2 is 2.11 bits per heavy atom. The Hall–Kier alpha value is -2.11. The monoisotopic (exact) mass is 251 g/mol. The van der Waals surface area contributed by atoms with E-state index in [1.54, 1.807) is 20.9 Å². The van der Waals surface area contributed by atoms with E-state index in [-0.39, 0.29) is 11.5 Å². The Kier molecular flexibility index (Phi) is 4.25. The third-order valence-electron chi connectivity index (χ3n) is 2.56. The van der Waals surface area contributed by atoms with Crippen molar-refractivity contribution in [3.8, 4) is 0 Å². The molecule has 1 heterocycles. The third-order valence-corrected chi connectivity index (χ3v) is 2.56. The van der Waals surface area contributed by atoms with Gasteiger partial charge in [0.25, 0.3) is 0 Å². The van der Waals surface area contributed by atoms with Gasteiger partial charge in [0.05, 0.1) is 11.0 Å². The predicted octanol–water partition coefficient (Wildman–Crippen LogP) is 0.964. The van der Waals surface area contributed by atoms with Crippen molar-refractivity contribution in [1.29, 1.82) is 0 Å². The van der Waals surface area contributed by atoms with Crippen molar-refractivity contribution in [2.24, 2.45) is 5.41 Å². The van der Waals surface area contributed by atoms with Gasteiger partial charge in [-0.2, -0.15) is 0 Å². The fourth-order valence-corrected chi connectivity index (χ4v) is 1.39. The minimum absolute atomic E-state index is 0.0932. The first-order chi connectivity index (χ1) is 8.36. The van der Waals surface area contributed by atoms with Gasteiger partial charge in [-0.15, -0.1) is 0 Å². The number of aromatic carboxylic acids is 1. The van der Waals surface area contributed by atoms with Crippen LogP contribution >= 0.6 is 0 Å². The number of hydrogen-bond donors (Lipinski definition) is 3. The van der Waals surface area contributed by atoms with Crippen LogP contribution in [0.3, 0.4) is 0 Å². The van der Waals surface area contributed by atoms with Gasteiger partial charge in [-0.3, -0.25) is 4.79 Å². The number of carboxylic acid groups (broad SMARTS) is 1. The van der Waals surface area contributed by atoms with Crippen LogP contribution in [0.25, 0.3) is 0 Å². The molecule has 0 aromatic carbocycles. The van der Waals surface area contributed by atoms with Crippen molar-refractivity contribution in [1.82, 2.24) is 10.3 Å². The number of nitrogens with one attached hydrogen (secondary N) is 2. The highest BCUT2D eigenvalue weighted by Crippen LogP contribution is 2.16. The van der Waals surface area contributed by atoms with Crippen LogP contribution in [0.4, 0.5) is 5.82 Å². The molecule has 0 saturated carbocycles. The van der Waals surface area contributed by atoms with Crippen molar-refractivity contribution >= 4 is 17.7 Å². The molecule has 1 rings (SSSR count). The zero-order valence-electron chi connectivity index (χ0n) is 10.7. The van der Waals surface area contributed by atoms with E-state index < -0.39 is 11.4 Å². The number of carbonyl (C=O) groups is 2. The van der Waals surface area contributed by atoms with E-state index in [1.807, 2.05) is 0 Å². The molecule has 0 fully saturated rings. The Bertz CT molecular complexity index is 458. The van der Waals surface area contributed by atoms with Gasteiger partial charge in [0.15, 0.2) is 0 Å². The maximum absolute atomic E-state index is 11.6. The summed E-state index contributed by atoms with van der Waals surface area (Å²) in [5, 5.41) is 14.4. The highest BCUT2D eigenvalue weighted by atomic mass is 16.4. The average molecular weight is 251 g/mol. The fourth-order valence-electron chi connectivity index (χ4n) is 1.39. The number of aromatic nitrogens is 1. The van der Waals surface area contributed by atoms with Crippen LogP contribution in [0.2, 0.25) is 0 Å². The number of anilines is 1. The van der Waals surface area contributed by atoms with Gasteiger partial charge in [-0.05, 0) is 26.0 Å². The quantitative estimate of drug-likeness (QED) is 0.725. The van der Waals surface area contributed by atoms with Crippen LogP contribution in [-0.4, -0.2) is 35.6 Å². The Morgan fingerprint density at radius 3 is 2.67 bits per heavy atom. The minimum atomic E-state index is -1.01. The molecule has 0 spiro atoms. The topological polar surface area (TPSA) is 91.3 Å². The largest absolute Gasteiger partial charge is 0.478 e. The van der Waals surface area contributed by atoms with E-state index in [0.717, 1.165) is 0 Å². The minimum Gasteiger partial charge on any atom is -0.478 e. The van der Waals surface area contributed by atoms with Crippen molar-refractivity contribution < 1.29 is 14.7 Å². The molecule has 0 atom stereocenters. The smallest absolute Gasteiger partial charge is 0.335 e. The van der Waals surface area contributed by atoms with Crippen molar-refractivity contribution in [2.75, 3.05) is 18.9 Å². The molecule has 0 aliphatic rings. The summed E-state index contributed by atoms with van der Waals surface area (Å²) in [6.45, 7) is 3.95. The predicted molar refractivity (Wildman–Crippen MR) is 67.5 cm³/mol.